The largest absolute Gasteiger partial charge is 0.395 e. The topological polar surface area (TPSA) is 40.5 Å². The van der Waals surface area contributed by atoms with Crippen molar-refractivity contribution in [3.8, 4) is 0 Å². The van der Waals surface area contributed by atoms with E-state index in [9.17, 15) is 9.90 Å². The summed E-state index contributed by atoms with van der Waals surface area (Å²) in [6.45, 7) is 4.57. The maximum absolute atomic E-state index is 12.7. The summed E-state index contributed by atoms with van der Waals surface area (Å²) in [6, 6.07) is 10.2. The van der Waals surface area contributed by atoms with Gasteiger partial charge in [0.25, 0.3) is 5.91 Å². The quantitative estimate of drug-likeness (QED) is 0.884. The van der Waals surface area contributed by atoms with Crippen LogP contribution in [0.5, 0.6) is 0 Å². The van der Waals surface area contributed by atoms with Crippen LogP contribution in [0.25, 0.3) is 10.1 Å². The first kappa shape index (κ1) is 15.0. The number of aliphatic hydroxyl groups is 1. The average molecular weight is 291 g/mol. The number of aliphatic hydroxyl groups excluding tert-OH is 1. The molecule has 3 nitrogen and oxygen atoms in total. The maximum atomic E-state index is 12.7. The molecule has 0 unspecified atom stereocenters. The predicted octanol–water partition coefficient (Wildman–Crippen LogP) is 3.52. The summed E-state index contributed by atoms with van der Waals surface area (Å²) in [5.74, 6) is 0.0361. The van der Waals surface area contributed by atoms with Crippen molar-refractivity contribution < 1.29 is 9.90 Å². The first-order valence-corrected chi connectivity index (χ1v) is 7.93. The fraction of sp³-hybridized carbons (Fsp3) is 0.438. The molecule has 0 aliphatic carbocycles. The van der Waals surface area contributed by atoms with Crippen LogP contribution in [0.1, 0.15) is 36.4 Å². The van der Waals surface area contributed by atoms with Crippen LogP contribution in [0.2, 0.25) is 0 Å². The van der Waals surface area contributed by atoms with Crippen LogP contribution in [0.15, 0.2) is 30.3 Å². The summed E-state index contributed by atoms with van der Waals surface area (Å²) in [6.07, 6.45) is 1.82. The van der Waals surface area contributed by atoms with Gasteiger partial charge in [0.15, 0.2) is 0 Å². The molecule has 1 aromatic carbocycles. The number of thiophene rings is 1. The Hall–Kier alpha value is -1.39. The van der Waals surface area contributed by atoms with Crippen LogP contribution in [-0.2, 0) is 0 Å². The summed E-state index contributed by atoms with van der Waals surface area (Å²) >= 11 is 1.53. The van der Waals surface area contributed by atoms with Crippen molar-refractivity contribution in [2.24, 2.45) is 0 Å². The van der Waals surface area contributed by atoms with Gasteiger partial charge in [0.2, 0.25) is 0 Å². The van der Waals surface area contributed by atoms with Crippen molar-refractivity contribution in [2.75, 3.05) is 13.2 Å². The second-order valence-electron chi connectivity index (χ2n) is 4.84. The highest BCUT2D eigenvalue weighted by molar-refractivity contribution is 7.20. The van der Waals surface area contributed by atoms with Gasteiger partial charge >= 0.3 is 0 Å². The summed E-state index contributed by atoms with van der Waals surface area (Å²) in [4.78, 5) is 15.3. The van der Waals surface area contributed by atoms with E-state index in [1.165, 1.54) is 11.3 Å². The standard InChI is InChI=1S/C16H21NO2S/c1-3-13(4-2)17(9-10-18)16(19)15-11-12-7-5-6-8-14(12)20-15/h5-8,11,13,18H,3-4,9-10H2,1-2H3. The maximum Gasteiger partial charge on any atom is 0.264 e. The zero-order valence-corrected chi connectivity index (χ0v) is 12.8. The smallest absolute Gasteiger partial charge is 0.264 e. The number of fused-ring (bicyclic) bond motifs is 1. The zero-order chi connectivity index (χ0) is 14.5. The van der Waals surface area contributed by atoms with Crippen molar-refractivity contribution in [3.05, 3.63) is 35.2 Å². The highest BCUT2D eigenvalue weighted by Gasteiger charge is 2.23. The molecule has 0 spiro atoms. The van der Waals surface area contributed by atoms with Gasteiger partial charge in [-0.15, -0.1) is 11.3 Å². The van der Waals surface area contributed by atoms with E-state index in [0.29, 0.717) is 6.54 Å². The number of benzene rings is 1. The predicted molar refractivity (Wildman–Crippen MR) is 84.3 cm³/mol. The van der Waals surface area contributed by atoms with Crippen LogP contribution >= 0.6 is 11.3 Å². The van der Waals surface area contributed by atoms with E-state index in [0.717, 1.165) is 27.8 Å². The van der Waals surface area contributed by atoms with E-state index in [1.54, 1.807) is 0 Å². The minimum Gasteiger partial charge on any atom is -0.395 e. The number of carbonyl (C=O) groups is 1. The van der Waals surface area contributed by atoms with E-state index >= 15 is 0 Å². The lowest BCUT2D eigenvalue weighted by Crippen LogP contribution is -2.41. The molecule has 2 rings (SSSR count). The first-order chi connectivity index (χ1) is 9.71. The molecule has 0 saturated heterocycles. The fourth-order valence-corrected chi connectivity index (χ4v) is 3.53. The molecule has 1 heterocycles. The van der Waals surface area contributed by atoms with Crippen LogP contribution in [0.4, 0.5) is 0 Å². The Bertz CT molecular complexity index is 542. The highest BCUT2D eigenvalue weighted by Crippen LogP contribution is 2.27. The third-order valence-electron chi connectivity index (χ3n) is 3.62. The Labute approximate surface area is 123 Å². The van der Waals surface area contributed by atoms with E-state index in [4.69, 9.17) is 0 Å². The van der Waals surface area contributed by atoms with Crippen molar-refractivity contribution in [1.29, 1.82) is 0 Å². The number of carbonyl (C=O) groups excluding carboxylic acids is 1. The van der Waals surface area contributed by atoms with Crippen LogP contribution in [0.3, 0.4) is 0 Å². The van der Waals surface area contributed by atoms with E-state index in [1.807, 2.05) is 35.2 Å². The van der Waals surface area contributed by atoms with E-state index in [2.05, 4.69) is 13.8 Å². The summed E-state index contributed by atoms with van der Waals surface area (Å²) < 4.78 is 1.13. The molecule has 1 aromatic heterocycles. The van der Waals surface area contributed by atoms with Crippen LogP contribution in [-0.4, -0.2) is 35.1 Å². The van der Waals surface area contributed by atoms with Crippen LogP contribution < -0.4 is 0 Å². The lowest BCUT2D eigenvalue weighted by molar-refractivity contribution is 0.0627. The van der Waals surface area contributed by atoms with Gasteiger partial charge in [0, 0.05) is 17.3 Å². The number of rotatable bonds is 6. The minimum atomic E-state index is 0.00708. The van der Waals surface area contributed by atoms with Crippen molar-refractivity contribution in [3.63, 3.8) is 0 Å². The molecule has 2 aromatic rings. The number of nitrogens with zero attached hydrogens (tertiary/aromatic N) is 1. The van der Waals surface area contributed by atoms with Crippen LogP contribution in [0, 0.1) is 0 Å². The lowest BCUT2D eigenvalue weighted by Gasteiger charge is -2.29. The third-order valence-corrected chi connectivity index (χ3v) is 4.73. The second-order valence-corrected chi connectivity index (χ2v) is 5.92. The van der Waals surface area contributed by atoms with Gasteiger partial charge in [-0.3, -0.25) is 4.79 Å². The molecule has 0 radical (unpaired) electrons. The van der Waals surface area contributed by atoms with Crippen molar-refractivity contribution in [1.82, 2.24) is 4.90 Å². The van der Waals surface area contributed by atoms with Gasteiger partial charge < -0.3 is 10.0 Å². The normalized spacial score (nSPS) is 11.2. The first-order valence-electron chi connectivity index (χ1n) is 7.11. The number of hydrogen-bond acceptors (Lipinski definition) is 3. The SMILES string of the molecule is CCC(CC)N(CCO)C(=O)c1cc2ccccc2s1. The molecule has 1 N–H and O–H groups in total. The fourth-order valence-electron chi connectivity index (χ4n) is 2.52. The molecule has 1 amide bonds. The average Bonchev–Trinajstić information content (AvgIpc) is 2.90. The molecule has 20 heavy (non-hydrogen) atoms. The summed E-state index contributed by atoms with van der Waals surface area (Å²) in [5, 5.41) is 10.3. The monoisotopic (exact) mass is 291 g/mol. The van der Waals surface area contributed by atoms with Crippen molar-refractivity contribution in [2.45, 2.75) is 32.7 Å². The summed E-state index contributed by atoms with van der Waals surface area (Å²) in [7, 11) is 0. The Morgan fingerprint density at radius 3 is 2.60 bits per heavy atom. The van der Waals surface area contributed by atoms with Gasteiger partial charge in [-0.2, -0.15) is 0 Å². The Morgan fingerprint density at radius 2 is 2.00 bits per heavy atom. The molecular weight excluding hydrogens is 270 g/mol. The minimum absolute atomic E-state index is 0.00708. The number of amides is 1. The van der Waals surface area contributed by atoms with Gasteiger partial charge in [0.1, 0.15) is 0 Å². The molecule has 0 atom stereocenters. The third kappa shape index (κ3) is 3.02. The van der Waals surface area contributed by atoms with Gasteiger partial charge in [-0.1, -0.05) is 32.0 Å². The Kier molecular flexibility index (Phi) is 5.15. The Balaban J connectivity index is 2.30. The molecule has 0 aliphatic heterocycles. The molecule has 4 heteroatoms. The van der Waals surface area contributed by atoms with E-state index in [-0.39, 0.29) is 18.6 Å². The second kappa shape index (κ2) is 6.86. The van der Waals surface area contributed by atoms with Gasteiger partial charge in [-0.25, -0.2) is 0 Å². The Morgan fingerprint density at radius 1 is 1.30 bits per heavy atom. The molecule has 0 bridgehead atoms. The summed E-state index contributed by atoms with van der Waals surface area (Å²) in [5.41, 5.74) is 0. The van der Waals surface area contributed by atoms with Crippen molar-refractivity contribution >= 4 is 27.3 Å². The molecular formula is C16H21NO2S. The van der Waals surface area contributed by atoms with Gasteiger partial charge in [-0.05, 0) is 30.4 Å². The molecule has 0 saturated carbocycles. The zero-order valence-electron chi connectivity index (χ0n) is 12.0. The molecule has 108 valence electrons. The lowest BCUT2D eigenvalue weighted by atomic mass is 10.1. The molecule has 0 aliphatic rings. The molecule has 0 fully saturated rings. The number of hydrogen-bond donors (Lipinski definition) is 1. The highest BCUT2D eigenvalue weighted by atomic mass is 32.1. The van der Waals surface area contributed by atoms with Gasteiger partial charge in [0.05, 0.1) is 11.5 Å². The van der Waals surface area contributed by atoms with E-state index < -0.39 is 0 Å².